The molecule has 3 rings (SSSR count). The van der Waals surface area contributed by atoms with Gasteiger partial charge in [-0.15, -0.1) is 5.10 Å². The van der Waals surface area contributed by atoms with E-state index in [1.54, 1.807) is 30.3 Å². The molecule has 0 saturated heterocycles. The van der Waals surface area contributed by atoms with Crippen LogP contribution in [0.5, 0.6) is 0 Å². The van der Waals surface area contributed by atoms with E-state index in [1.165, 1.54) is 6.20 Å². The van der Waals surface area contributed by atoms with Crippen LogP contribution in [0, 0.1) is 0 Å². The Morgan fingerprint density at radius 3 is 2.59 bits per heavy atom. The van der Waals surface area contributed by atoms with Crippen LogP contribution in [0.4, 0.5) is 19.2 Å². The molecule has 0 unspecified atom stereocenters. The van der Waals surface area contributed by atoms with E-state index in [4.69, 9.17) is 4.42 Å². The number of hydrogen-bond donors (Lipinski definition) is 1. The number of carbonyl (C=O) groups excluding carboxylic acids is 1. The van der Waals surface area contributed by atoms with Crippen molar-refractivity contribution in [3.63, 3.8) is 0 Å². The summed E-state index contributed by atoms with van der Waals surface area (Å²) >= 11 is 0.894. The van der Waals surface area contributed by atoms with Gasteiger partial charge in [0, 0.05) is 5.92 Å². The zero-order valence-electron chi connectivity index (χ0n) is 15.6. The monoisotopic (exact) mass is 425 g/mol. The van der Waals surface area contributed by atoms with E-state index in [9.17, 15) is 18.0 Å². The molecule has 11 heteroatoms. The number of nitrogens with one attached hydrogen (secondary N) is 1. The Bertz CT molecular complexity index is 970. The van der Waals surface area contributed by atoms with E-state index in [1.807, 2.05) is 13.8 Å². The minimum atomic E-state index is -4.43. The lowest BCUT2D eigenvalue weighted by atomic mass is 10.2. The Morgan fingerprint density at radius 1 is 1.24 bits per heavy atom. The summed E-state index contributed by atoms with van der Waals surface area (Å²) in [5.41, 5.74) is 0.928. The summed E-state index contributed by atoms with van der Waals surface area (Å²) in [5.74, 6) is -0.269. The van der Waals surface area contributed by atoms with Gasteiger partial charge in [0.15, 0.2) is 5.16 Å². The fraction of sp³-hybridized carbons (Fsp3) is 0.333. The third-order valence-corrected chi connectivity index (χ3v) is 4.73. The van der Waals surface area contributed by atoms with Crippen molar-refractivity contribution < 1.29 is 22.4 Å². The molecule has 0 aliphatic rings. The lowest BCUT2D eigenvalue weighted by molar-refractivity contribution is -0.141. The molecule has 0 bridgehead atoms. The summed E-state index contributed by atoms with van der Waals surface area (Å²) in [6.07, 6.45) is -3.06. The maximum Gasteiger partial charge on any atom is 0.406 e. The summed E-state index contributed by atoms with van der Waals surface area (Å²) in [7, 11) is 0. The first-order valence-electron chi connectivity index (χ1n) is 8.66. The molecule has 1 N–H and O–H groups in total. The molecule has 29 heavy (non-hydrogen) atoms. The predicted molar refractivity (Wildman–Crippen MR) is 101 cm³/mol. The van der Waals surface area contributed by atoms with E-state index in [-0.39, 0.29) is 22.8 Å². The zero-order chi connectivity index (χ0) is 21.0. The largest absolute Gasteiger partial charge is 0.408 e. The van der Waals surface area contributed by atoms with Gasteiger partial charge < -0.3 is 8.98 Å². The molecule has 3 aromatic rings. The number of alkyl halides is 3. The predicted octanol–water partition coefficient (Wildman–Crippen LogP) is 4.35. The summed E-state index contributed by atoms with van der Waals surface area (Å²) in [5, 5.41) is 10.0. The minimum absolute atomic E-state index is 0.00813. The van der Waals surface area contributed by atoms with E-state index in [2.05, 4.69) is 20.5 Å². The van der Waals surface area contributed by atoms with Crippen molar-refractivity contribution in [1.29, 1.82) is 0 Å². The Balaban J connectivity index is 1.72. The Kier molecular flexibility index (Phi) is 6.26. The first kappa shape index (κ1) is 20.9. The molecular weight excluding hydrogens is 407 g/mol. The Labute approximate surface area is 168 Å². The van der Waals surface area contributed by atoms with Crippen LogP contribution in [0.2, 0.25) is 0 Å². The topological polar surface area (TPSA) is 85.8 Å². The molecule has 1 amide bonds. The number of hydrogen-bond acceptors (Lipinski definition) is 6. The molecular formula is C18H18F3N5O2S. The smallest absolute Gasteiger partial charge is 0.406 e. The molecule has 154 valence electrons. The summed E-state index contributed by atoms with van der Waals surface area (Å²) in [4.78, 5) is 16.2. The van der Waals surface area contributed by atoms with E-state index in [0.717, 1.165) is 16.3 Å². The van der Waals surface area contributed by atoms with Crippen molar-refractivity contribution >= 4 is 23.7 Å². The molecule has 0 spiro atoms. The fourth-order valence-electron chi connectivity index (χ4n) is 2.45. The lowest BCUT2D eigenvalue weighted by Gasteiger charge is -2.14. The van der Waals surface area contributed by atoms with Crippen molar-refractivity contribution in [2.24, 2.45) is 0 Å². The molecule has 0 atom stereocenters. The van der Waals surface area contributed by atoms with E-state index in [0.29, 0.717) is 17.1 Å². The van der Waals surface area contributed by atoms with Crippen LogP contribution in [-0.2, 0) is 11.3 Å². The molecule has 2 heterocycles. The SMILES string of the molecule is CC(C)c1nnc(NC(=O)CSc2ncc(-c3ccccc3)n2CC(F)(F)F)o1. The van der Waals surface area contributed by atoms with Gasteiger partial charge in [0.2, 0.25) is 11.8 Å². The summed E-state index contributed by atoms with van der Waals surface area (Å²) in [6, 6.07) is 8.59. The number of imidazole rings is 1. The highest BCUT2D eigenvalue weighted by molar-refractivity contribution is 7.99. The molecule has 0 fully saturated rings. The molecule has 0 radical (unpaired) electrons. The van der Waals surface area contributed by atoms with Crippen molar-refractivity contribution in [3.05, 3.63) is 42.4 Å². The first-order chi connectivity index (χ1) is 13.7. The summed E-state index contributed by atoms with van der Waals surface area (Å²) in [6.45, 7) is 2.52. The molecule has 1 aromatic carbocycles. The maximum atomic E-state index is 13.1. The molecule has 0 saturated carbocycles. The number of carbonyl (C=O) groups is 1. The average molecular weight is 425 g/mol. The number of benzene rings is 1. The Morgan fingerprint density at radius 2 is 1.97 bits per heavy atom. The van der Waals surface area contributed by atoms with Gasteiger partial charge in [-0.1, -0.05) is 61.0 Å². The van der Waals surface area contributed by atoms with E-state index < -0.39 is 18.6 Å². The molecule has 0 aliphatic carbocycles. The van der Waals surface area contributed by atoms with Gasteiger partial charge in [-0.25, -0.2) is 4.98 Å². The standard InChI is InChI=1S/C18H18F3N5O2S/c1-11(2)15-24-25-16(28-15)23-14(27)9-29-17-22-8-13(12-6-4-3-5-7-12)26(17)10-18(19,20)21/h3-8,11H,9-10H2,1-2H3,(H,23,25,27). The van der Waals surface area contributed by atoms with Crippen LogP contribution in [-0.4, -0.2) is 37.6 Å². The van der Waals surface area contributed by atoms with Gasteiger partial charge in [0.1, 0.15) is 6.54 Å². The number of aromatic nitrogens is 4. The number of thioether (sulfide) groups is 1. The highest BCUT2D eigenvalue weighted by Gasteiger charge is 2.31. The molecule has 2 aromatic heterocycles. The van der Waals surface area contributed by atoms with Crippen LogP contribution in [0.25, 0.3) is 11.3 Å². The number of amides is 1. The second-order valence-corrected chi connectivity index (χ2v) is 7.37. The lowest BCUT2D eigenvalue weighted by Crippen LogP contribution is -2.20. The van der Waals surface area contributed by atoms with Crippen LogP contribution in [0.15, 0.2) is 46.1 Å². The van der Waals surface area contributed by atoms with Gasteiger partial charge in [0.25, 0.3) is 0 Å². The number of anilines is 1. The maximum absolute atomic E-state index is 13.1. The van der Waals surface area contributed by atoms with Crippen LogP contribution >= 0.6 is 11.8 Å². The minimum Gasteiger partial charge on any atom is -0.408 e. The fourth-order valence-corrected chi connectivity index (χ4v) is 3.23. The zero-order valence-corrected chi connectivity index (χ0v) is 16.4. The third-order valence-electron chi connectivity index (χ3n) is 3.74. The van der Waals surface area contributed by atoms with Crippen LogP contribution in [0.1, 0.15) is 25.7 Å². The highest BCUT2D eigenvalue weighted by atomic mass is 32.2. The van der Waals surface area contributed by atoms with Crippen molar-refractivity contribution in [2.75, 3.05) is 11.1 Å². The average Bonchev–Trinajstić information content (AvgIpc) is 3.27. The quantitative estimate of drug-likeness (QED) is 0.567. The van der Waals surface area contributed by atoms with E-state index >= 15 is 0 Å². The number of rotatable bonds is 7. The number of nitrogens with zero attached hydrogens (tertiary/aromatic N) is 4. The van der Waals surface area contributed by atoms with Crippen LogP contribution in [0.3, 0.4) is 0 Å². The van der Waals surface area contributed by atoms with Crippen molar-refractivity contribution in [2.45, 2.75) is 37.6 Å². The van der Waals surface area contributed by atoms with Gasteiger partial charge in [-0.2, -0.15) is 13.2 Å². The third kappa shape index (κ3) is 5.59. The van der Waals surface area contributed by atoms with Gasteiger partial charge >= 0.3 is 12.2 Å². The second-order valence-electron chi connectivity index (χ2n) is 6.43. The summed E-state index contributed by atoms with van der Waals surface area (Å²) < 4.78 is 45.6. The van der Waals surface area contributed by atoms with Gasteiger partial charge in [-0.05, 0) is 5.56 Å². The van der Waals surface area contributed by atoms with Crippen molar-refractivity contribution in [1.82, 2.24) is 19.7 Å². The van der Waals surface area contributed by atoms with Crippen molar-refractivity contribution in [3.8, 4) is 11.3 Å². The number of halogens is 3. The molecule has 7 nitrogen and oxygen atoms in total. The highest BCUT2D eigenvalue weighted by Crippen LogP contribution is 2.30. The normalized spacial score (nSPS) is 11.8. The Hall–Kier alpha value is -2.82. The van der Waals surface area contributed by atoms with Crippen LogP contribution < -0.4 is 5.32 Å². The van der Waals surface area contributed by atoms with Gasteiger partial charge in [0.05, 0.1) is 17.6 Å². The second kappa shape index (κ2) is 8.68. The van der Waals surface area contributed by atoms with Gasteiger partial charge in [-0.3, -0.25) is 10.1 Å². The molecule has 0 aliphatic heterocycles. The first-order valence-corrected chi connectivity index (χ1v) is 9.65.